The van der Waals surface area contributed by atoms with Gasteiger partial charge in [-0.1, -0.05) is 6.92 Å². The predicted octanol–water partition coefficient (Wildman–Crippen LogP) is 4.32. The molecular weight excluding hydrogens is 308 g/mol. The molecule has 1 atom stereocenters. The molecule has 0 amide bonds. The first kappa shape index (κ1) is 25.3. The zero-order valence-electron chi connectivity index (χ0n) is 9.27. The fourth-order valence-corrected chi connectivity index (χ4v) is 2.70. The number of hydrogen-bond donors (Lipinski definition) is 0. The maximum absolute atomic E-state index is 3.38. The fraction of sp³-hybridized carbons (Fsp3) is 0.600. The van der Waals surface area contributed by atoms with Crippen molar-refractivity contribution < 1.29 is 18.6 Å². The Morgan fingerprint density at radius 3 is 2.20 bits per heavy atom. The first-order chi connectivity index (χ1) is 5.20. The maximum Gasteiger partial charge on any atom is 0 e. The van der Waals surface area contributed by atoms with E-state index in [4.69, 9.17) is 0 Å². The van der Waals surface area contributed by atoms with Crippen LogP contribution in [0, 0.1) is 12.0 Å². The molecule has 1 unspecified atom stereocenters. The van der Waals surface area contributed by atoms with E-state index in [9.17, 15) is 0 Å². The van der Waals surface area contributed by atoms with E-state index >= 15 is 0 Å². The molecule has 0 bridgehead atoms. The molecule has 0 nitrogen and oxygen atoms in total. The minimum Gasteiger partial charge on any atom is -0.269 e. The standard InChI is InChI=1S/C10H16P.3ClH.V/c1-9(8-11(2)3)10-6-4-5-7-10;;;;/h4,6,9H,5,8H2,1-3H3;3*1H;/q-1;;;;. The van der Waals surface area contributed by atoms with Crippen LogP contribution in [0.5, 0.6) is 0 Å². The zero-order chi connectivity index (χ0) is 8.27. The first-order valence-corrected chi connectivity index (χ1v) is 6.54. The van der Waals surface area contributed by atoms with E-state index in [1.165, 1.54) is 11.7 Å². The van der Waals surface area contributed by atoms with Crippen molar-refractivity contribution in [2.45, 2.75) is 13.3 Å². The van der Waals surface area contributed by atoms with Crippen molar-refractivity contribution in [3.8, 4) is 0 Å². The second kappa shape index (κ2) is 13.4. The molecule has 0 aromatic carbocycles. The van der Waals surface area contributed by atoms with Crippen molar-refractivity contribution in [1.29, 1.82) is 0 Å². The van der Waals surface area contributed by atoms with Gasteiger partial charge in [0.25, 0.3) is 0 Å². The Hall–Kier alpha value is 1.36. The van der Waals surface area contributed by atoms with Crippen LogP contribution >= 0.6 is 45.1 Å². The molecule has 1 rings (SSSR count). The Balaban J connectivity index is -0.000000151. The minimum absolute atomic E-state index is 0. The summed E-state index contributed by atoms with van der Waals surface area (Å²) in [4.78, 5) is 0. The van der Waals surface area contributed by atoms with Gasteiger partial charge < -0.3 is 0 Å². The Morgan fingerprint density at radius 1 is 1.33 bits per heavy atom. The van der Waals surface area contributed by atoms with Crippen LogP contribution in [0.1, 0.15) is 13.3 Å². The average Bonchev–Trinajstić information content (AvgIpc) is 2.35. The minimum atomic E-state index is 0. The van der Waals surface area contributed by atoms with Crippen molar-refractivity contribution in [3.05, 3.63) is 23.8 Å². The summed E-state index contributed by atoms with van der Waals surface area (Å²) < 4.78 is 0. The number of halogens is 3. The van der Waals surface area contributed by atoms with Crippen molar-refractivity contribution >= 4 is 45.1 Å². The van der Waals surface area contributed by atoms with Crippen LogP contribution < -0.4 is 0 Å². The van der Waals surface area contributed by atoms with Crippen molar-refractivity contribution in [3.63, 3.8) is 0 Å². The molecule has 1 aliphatic carbocycles. The van der Waals surface area contributed by atoms with Crippen LogP contribution in [0.3, 0.4) is 0 Å². The number of allylic oxidation sites excluding steroid dienone is 4. The monoisotopic (exact) mass is 326 g/mol. The van der Waals surface area contributed by atoms with Crippen molar-refractivity contribution in [2.75, 3.05) is 19.5 Å². The maximum atomic E-state index is 3.38. The molecule has 0 spiro atoms. The van der Waals surface area contributed by atoms with E-state index in [0.717, 1.165) is 12.3 Å². The smallest absolute Gasteiger partial charge is 0 e. The van der Waals surface area contributed by atoms with E-state index in [1.54, 1.807) is 0 Å². The van der Waals surface area contributed by atoms with Gasteiger partial charge in [-0.15, -0.1) is 51.6 Å². The van der Waals surface area contributed by atoms with E-state index in [0.29, 0.717) is 0 Å². The molecule has 0 N–H and O–H groups in total. The molecule has 91 valence electrons. The molecule has 0 aromatic heterocycles. The van der Waals surface area contributed by atoms with Crippen molar-refractivity contribution in [2.24, 2.45) is 5.92 Å². The van der Waals surface area contributed by atoms with E-state index in [2.05, 4.69) is 38.5 Å². The zero-order valence-corrected chi connectivity index (χ0v) is 14.0. The van der Waals surface area contributed by atoms with Gasteiger partial charge in [0.15, 0.2) is 0 Å². The number of rotatable bonds is 3. The third-order valence-electron chi connectivity index (χ3n) is 1.89. The van der Waals surface area contributed by atoms with Crippen LogP contribution in [0.4, 0.5) is 0 Å². The molecule has 1 radical (unpaired) electrons. The van der Waals surface area contributed by atoms with Gasteiger partial charge in [-0.25, -0.2) is 11.6 Å². The van der Waals surface area contributed by atoms with Crippen LogP contribution in [-0.2, 0) is 18.6 Å². The molecule has 0 aromatic rings. The predicted molar refractivity (Wildman–Crippen MR) is 75.1 cm³/mol. The summed E-state index contributed by atoms with van der Waals surface area (Å²) in [6.45, 7) is 6.98. The third kappa shape index (κ3) is 10.2. The molecule has 0 saturated heterocycles. The largest absolute Gasteiger partial charge is 0.269 e. The molecule has 15 heavy (non-hydrogen) atoms. The summed E-state index contributed by atoms with van der Waals surface area (Å²) in [6.07, 6.45) is 10.2. The van der Waals surface area contributed by atoms with Gasteiger partial charge in [-0.2, -0.15) is 6.08 Å². The van der Waals surface area contributed by atoms with E-state index in [-0.39, 0.29) is 63.7 Å². The molecule has 0 fully saturated rings. The summed E-state index contributed by atoms with van der Waals surface area (Å²) in [7, 11) is 0.249. The second-order valence-corrected chi connectivity index (χ2v) is 5.93. The van der Waals surface area contributed by atoms with Crippen LogP contribution in [0.15, 0.2) is 17.7 Å². The van der Waals surface area contributed by atoms with Crippen LogP contribution in [0.25, 0.3) is 0 Å². The van der Waals surface area contributed by atoms with Gasteiger partial charge >= 0.3 is 0 Å². The summed E-state index contributed by atoms with van der Waals surface area (Å²) in [6, 6.07) is 0. The number of hydrogen-bond acceptors (Lipinski definition) is 0. The van der Waals surface area contributed by atoms with E-state index < -0.39 is 0 Å². The molecular formula is C10H19Cl3PV-. The van der Waals surface area contributed by atoms with Gasteiger partial charge in [0.2, 0.25) is 0 Å². The first-order valence-electron chi connectivity index (χ1n) is 4.12. The van der Waals surface area contributed by atoms with Gasteiger partial charge in [0.05, 0.1) is 0 Å². The Labute approximate surface area is 126 Å². The molecule has 0 heterocycles. The normalized spacial score (nSPS) is 14.0. The third-order valence-corrected chi connectivity index (χ3v) is 3.17. The molecule has 0 saturated carbocycles. The van der Waals surface area contributed by atoms with Crippen LogP contribution in [0.2, 0.25) is 0 Å². The fourth-order valence-electron chi connectivity index (χ4n) is 1.41. The Bertz CT molecular complexity index is 193. The Kier molecular flexibility index (Phi) is 22.6. The molecule has 5 heteroatoms. The summed E-state index contributed by atoms with van der Waals surface area (Å²) in [5, 5.41) is 0. The summed E-state index contributed by atoms with van der Waals surface area (Å²) in [5.41, 5.74) is 1.43. The average molecular weight is 328 g/mol. The van der Waals surface area contributed by atoms with Crippen molar-refractivity contribution in [1.82, 2.24) is 0 Å². The van der Waals surface area contributed by atoms with Gasteiger partial charge in [0, 0.05) is 18.6 Å². The Morgan fingerprint density at radius 2 is 1.87 bits per heavy atom. The topological polar surface area (TPSA) is 0 Å². The van der Waals surface area contributed by atoms with E-state index in [1.807, 2.05) is 0 Å². The van der Waals surface area contributed by atoms with Gasteiger partial charge in [-0.05, 0) is 25.4 Å². The van der Waals surface area contributed by atoms with Crippen LogP contribution in [-0.4, -0.2) is 19.5 Å². The SMILES string of the molecule is CC(CP(C)C)C1=[C-]CC=C1.Cl.Cl.Cl.[V]. The summed E-state index contributed by atoms with van der Waals surface area (Å²) in [5.74, 6) is 0.731. The van der Waals surface area contributed by atoms with Gasteiger partial charge in [-0.3, -0.25) is 6.08 Å². The van der Waals surface area contributed by atoms with Gasteiger partial charge in [0.1, 0.15) is 0 Å². The molecule has 0 aliphatic heterocycles. The quantitative estimate of drug-likeness (QED) is 0.535. The molecule has 1 aliphatic rings. The summed E-state index contributed by atoms with van der Waals surface area (Å²) >= 11 is 0. The second-order valence-electron chi connectivity index (χ2n) is 3.40.